The van der Waals surface area contributed by atoms with Crippen LogP contribution in [0.4, 0.5) is 0 Å². The molecule has 1 heterocycles. The smallest absolute Gasteiger partial charge is 0.0859 e. The molecule has 0 aliphatic carbocycles. The molecule has 1 aliphatic rings. The highest BCUT2D eigenvalue weighted by Gasteiger charge is 2.38. The molecule has 0 amide bonds. The third-order valence-corrected chi connectivity index (χ3v) is 10.3. The van der Waals surface area contributed by atoms with Crippen molar-refractivity contribution in [2.75, 3.05) is 6.61 Å². The highest BCUT2D eigenvalue weighted by molar-refractivity contribution is 6.91. The Morgan fingerprint density at radius 3 is 2.28 bits per heavy atom. The highest BCUT2D eigenvalue weighted by atomic mass is 28.3. The van der Waals surface area contributed by atoms with Gasteiger partial charge in [-0.2, -0.15) is 0 Å². The molecule has 0 saturated carbocycles. The zero-order valence-corrected chi connectivity index (χ0v) is 17.4. The molecule has 0 saturated heterocycles. The molecule has 25 heavy (non-hydrogen) atoms. The Kier molecular flexibility index (Phi) is 8.24. The van der Waals surface area contributed by atoms with Gasteiger partial charge in [0, 0.05) is 18.3 Å². The molecule has 2 atom stereocenters. The van der Waals surface area contributed by atoms with Crippen molar-refractivity contribution in [2.45, 2.75) is 83.0 Å². The fourth-order valence-electron chi connectivity index (χ4n) is 4.24. The number of rotatable bonds is 10. The Labute approximate surface area is 155 Å². The normalized spacial score (nSPS) is 20.9. The van der Waals surface area contributed by atoms with Crippen LogP contribution in [0.2, 0.25) is 18.6 Å². The molecule has 1 aromatic rings. The molecule has 0 fully saturated rings. The minimum absolute atomic E-state index is 0.346. The Morgan fingerprint density at radius 2 is 1.64 bits per heavy atom. The van der Waals surface area contributed by atoms with Gasteiger partial charge in [0.1, 0.15) is 0 Å². The average molecular weight is 360 g/mol. The van der Waals surface area contributed by atoms with Crippen LogP contribution in [-0.4, -0.2) is 25.8 Å². The summed E-state index contributed by atoms with van der Waals surface area (Å²) in [4.78, 5) is 0. The molecular weight excluding hydrogens is 322 g/mol. The van der Waals surface area contributed by atoms with Crippen LogP contribution in [-0.2, 0) is 0 Å². The van der Waals surface area contributed by atoms with E-state index >= 15 is 0 Å². The van der Waals surface area contributed by atoms with E-state index in [-0.39, 0.29) is 0 Å². The second-order valence-electron chi connectivity index (χ2n) is 8.19. The average Bonchev–Trinajstić information content (AvgIpc) is 2.61. The number of hydrogen-bond donors (Lipinski definition) is 2. The maximum atomic E-state index is 8.80. The van der Waals surface area contributed by atoms with Gasteiger partial charge in [-0.1, -0.05) is 80.4 Å². The van der Waals surface area contributed by atoms with Gasteiger partial charge in [0.05, 0.1) is 8.07 Å². The van der Waals surface area contributed by atoms with E-state index in [1.54, 1.807) is 5.19 Å². The molecule has 2 N–H and O–H groups in total. The van der Waals surface area contributed by atoms with E-state index in [0.29, 0.717) is 12.6 Å². The molecule has 0 bridgehead atoms. The van der Waals surface area contributed by atoms with Gasteiger partial charge in [-0.3, -0.25) is 0 Å². The number of aliphatic hydroxyl groups excluding tert-OH is 1. The molecule has 140 valence electrons. The van der Waals surface area contributed by atoms with Crippen molar-refractivity contribution in [2.24, 2.45) is 0 Å². The van der Waals surface area contributed by atoms with Gasteiger partial charge in [-0.15, -0.1) is 0 Å². The molecule has 0 unspecified atom stereocenters. The summed E-state index contributed by atoms with van der Waals surface area (Å²) in [6, 6.07) is 11.7. The van der Waals surface area contributed by atoms with Crippen molar-refractivity contribution in [3.05, 3.63) is 42.1 Å². The second-order valence-corrected chi connectivity index (χ2v) is 12.9. The summed E-state index contributed by atoms with van der Waals surface area (Å²) < 4.78 is 0. The first-order chi connectivity index (χ1) is 12.1. The van der Waals surface area contributed by atoms with Crippen LogP contribution >= 0.6 is 0 Å². The van der Waals surface area contributed by atoms with Crippen LogP contribution in [0.1, 0.15) is 58.3 Å². The molecule has 0 spiro atoms. The van der Waals surface area contributed by atoms with Gasteiger partial charge < -0.3 is 10.4 Å². The summed E-state index contributed by atoms with van der Waals surface area (Å²) in [5.41, 5.74) is 2.23. The van der Waals surface area contributed by atoms with E-state index < -0.39 is 8.07 Å². The molecule has 0 radical (unpaired) electrons. The number of aliphatic hydroxyl groups is 1. The van der Waals surface area contributed by atoms with Gasteiger partial charge in [0.15, 0.2) is 0 Å². The summed E-state index contributed by atoms with van der Waals surface area (Å²) in [6.45, 7) is 7.77. The van der Waals surface area contributed by atoms with Crippen molar-refractivity contribution in [1.29, 1.82) is 0 Å². The summed E-state index contributed by atoms with van der Waals surface area (Å²) in [5, 5.41) is 14.2. The largest absolute Gasteiger partial charge is 0.396 e. The lowest BCUT2D eigenvalue weighted by atomic mass is 10.0. The second kappa shape index (κ2) is 10.2. The minimum atomic E-state index is -1.46. The van der Waals surface area contributed by atoms with Crippen molar-refractivity contribution >= 4 is 13.3 Å². The standard InChI is InChI=1S/C22H37NOSi/c1-19-22(25(2,3)21-14-10-8-11-15-21)17-16-20(23-19)13-9-6-4-5-7-12-18-24/h8,10-11,14-16,19,22-24H,4-7,9,12-13,17-18H2,1-3H3/t19-,22-/m0/s1. The molecule has 2 rings (SSSR count). The van der Waals surface area contributed by atoms with E-state index in [4.69, 9.17) is 5.11 Å². The summed E-state index contributed by atoms with van der Waals surface area (Å²) in [6.07, 6.45) is 12.2. The van der Waals surface area contributed by atoms with E-state index in [0.717, 1.165) is 12.0 Å². The first kappa shape index (κ1) is 20.3. The fourth-order valence-corrected chi connectivity index (χ4v) is 7.76. The Balaban J connectivity index is 1.80. The SMILES string of the molecule is C[C@@H]1NC(CCCCCCCCO)=CC[C@@H]1[Si](C)(C)c1ccccc1. The number of hydrogen-bond acceptors (Lipinski definition) is 2. The zero-order valence-electron chi connectivity index (χ0n) is 16.4. The first-order valence-electron chi connectivity index (χ1n) is 10.2. The van der Waals surface area contributed by atoms with Crippen molar-refractivity contribution in [3.8, 4) is 0 Å². The Bertz CT molecular complexity index is 526. The van der Waals surface area contributed by atoms with Crippen LogP contribution in [0.15, 0.2) is 42.1 Å². The van der Waals surface area contributed by atoms with Gasteiger partial charge in [-0.25, -0.2) is 0 Å². The van der Waals surface area contributed by atoms with Crippen molar-refractivity contribution in [3.63, 3.8) is 0 Å². The molecule has 2 nitrogen and oxygen atoms in total. The first-order valence-corrected chi connectivity index (χ1v) is 13.3. The number of benzene rings is 1. The van der Waals surface area contributed by atoms with Gasteiger partial charge in [-0.05, 0) is 38.1 Å². The lowest BCUT2D eigenvalue weighted by Crippen LogP contribution is -2.53. The Morgan fingerprint density at radius 1 is 1.00 bits per heavy atom. The fraction of sp³-hybridized carbons (Fsp3) is 0.636. The zero-order chi connectivity index (χ0) is 18.1. The molecule has 0 aromatic heterocycles. The van der Waals surface area contributed by atoms with Gasteiger partial charge in [0.2, 0.25) is 0 Å². The van der Waals surface area contributed by atoms with Crippen LogP contribution in [0.25, 0.3) is 0 Å². The van der Waals surface area contributed by atoms with Crippen LogP contribution < -0.4 is 10.5 Å². The molecule has 1 aliphatic heterocycles. The molecule has 3 heteroatoms. The summed E-state index contributed by atoms with van der Waals surface area (Å²) in [7, 11) is -1.46. The molecule has 1 aromatic carbocycles. The lowest BCUT2D eigenvalue weighted by Gasteiger charge is -2.40. The van der Waals surface area contributed by atoms with E-state index in [1.165, 1.54) is 50.6 Å². The van der Waals surface area contributed by atoms with Crippen LogP contribution in [0.3, 0.4) is 0 Å². The maximum absolute atomic E-state index is 8.80. The predicted molar refractivity (Wildman–Crippen MR) is 112 cm³/mol. The topological polar surface area (TPSA) is 32.3 Å². The summed E-state index contributed by atoms with van der Waals surface area (Å²) >= 11 is 0. The number of unbranched alkanes of at least 4 members (excludes halogenated alkanes) is 5. The highest BCUT2D eigenvalue weighted by Crippen LogP contribution is 2.34. The summed E-state index contributed by atoms with van der Waals surface area (Å²) in [5.74, 6) is 0. The number of nitrogens with one attached hydrogen (secondary N) is 1. The van der Waals surface area contributed by atoms with Crippen LogP contribution in [0, 0.1) is 0 Å². The van der Waals surface area contributed by atoms with Crippen molar-refractivity contribution < 1.29 is 5.11 Å². The third kappa shape index (κ3) is 6.00. The molecular formula is C22H37NOSi. The minimum Gasteiger partial charge on any atom is -0.396 e. The maximum Gasteiger partial charge on any atom is 0.0859 e. The van der Waals surface area contributed by atoms with Gasteiger partial charge >= 0.3 is 0 Å². The Hall–Kier alpha value is -1.06. The van der Waals surface area contributed by atoms with E-state index in [2.05, 4.69) is 61.7 Å². The van der Waals surface area contributed by atoms with E-state index in [9.17, 15) is 0 Å². The van der Waals surface area contributed by atoms with E-state index in [1.807, 2.05) is 0 Å². The predicted octanol–water partition coefficient (Wildman–Crippen LogP) is 4.96. The van der Waals surface area contributed by atoms with Crippen LogP contribution in [0.5, 0.6) is 0 Å². The monoisotopic (exact) mass is 359 g/mol. The van der Waals surface area contributed by atoms with Gasteiger partial charge in [0.25, 0.3) is 0 Å². The van der Waals surface area contributed by atoms with Crippen molar-refractivity contribution in [1.82, 2.24) is 5.32 Å². The number of allylic oxidation sites excluding steroid dienone is 2. The quantitative estimate of drug-likeness (QED) is 0.457. The third-order valence-electron chi connectivity index (χ3n) is 5.93. The lowest BCUT2D eigenvalue weighted by molar-refractivity contribution is 0.282.